The molecule has 13 heavy (non-hydrogen) atoms. The number of nitrogens with one attached hydrogen (secondary N) is 1. The van der Waals surface area contributed by atoms with Gasteiger partial charge in [0.05, 0.1) is 5.56 Å². The first-order valence-corrected chi connectivity index (χ1v) is 4.54. The molecule has 0 aromatic carbocycles. The van der Waals surface area contributed by atoms with Gasteiger partial charge in [0, 0.05) is 15.8 Å². The Morgan fingerprint density at radius 1 is 1.62 bits per heavy atom. The first kappa shape index (κ1) is 10.6. The molecule has 0 amide bonds. The second-order valence-electron chi connectivity index (χ2n) is 2.39. The third-order valence-corrected chi connectivity index (χ3v) is 2.41. The molecule has 0 unspecified atom stereocenters. The maximum atomic E-state index is 12.3. The summed E-state index contributed by atoms with van der Waals surface area (Å²) in [6.45, 7) is 0.134. The van der Waals surface area contributed by atoms with Gasteiger partial charge in [0.1, 0.15) is 0 Å². The van der Waals surface area contributed by atoms with Gasteiger partial charge < -0.3 is 10.7 Å². The molecule has 1 aromatic heterocycles. The van der Waals surface area contributed by atoms with Gasteiger partial charge in [0.15, 0.2) is 0 Å². The van der Waals surface area contributed by atoms with E-state index in [1.807, 2.05) is 0 Å². The SMILES string of the molecule is NCc1cc(I)c(C(F)F)c(=O)[nH]1. The highest BCUT2D eigenvalue weighted by Gasteiger charge is 2.16. The van der Waals surface area contributed by atoms with E-state index in [-0.39, 0.29) is 10.1 Å². The Balaban J connectivity index is 3.32. The van der Waals surface area contributed by atoms with E-state index < -0.39 is 17.5 Å². The highest BCUT2D eigenvalue weighted by atomic mass is 127. The molecular formula is C7H7F2IN2O. The van der Waals surface area contributed by atoms with Crippen LogP contribution in [-0.2, 0) is 6.54 Å². The molecule has 0 atom stereocenters. The van der Waals surface area contributed by atoms with Crippen molar-refractivity contribution in [2.24, 2.45) is 5.73 Å². The molecule has 1 rings (SSSR count). The van der Waals surface area contributed by atoms with Crippen molar-refractivity contribution in [1.29, 1.82) is 0 Å². The fourth-order valence-corrected chi connectivity index (χ4v) is 1.76. The van der Waals surface area contributed by atoms with Gasteiger partial charge in [-0.3, -0.25) is 4.79 Å². The van der Waals surface area contributed by atoms with Gasteiger partial charge in [0.25, 0.3) is 12.0 Å². The summed E-state index contributed by atoms with van der Waals surface area (Å²) in [7, 11) is 0. The minimum atomic E-state index is -2.75. The van der Waals surface area contributed by atoms with Crippen LogP contribution < -0.4 is 11.3 Å². The Hall–Kier alpha value is -0.500. The van der Waals surface area contributed by atoms with Gasteiger partial charge in [-0.25, -0.2) is 8.78 Å². The van der Waals surface area contributed by atoms with Gasteiger partial charge >= 0.3 is 0 Å². The van der Waals surface area contributed by atoms with Crippen LogP contribution in [0.3, 0.4) is 0 Å². The van der Waals surface area contributed by atoms with Crippen LogP contribution in [0.2, 0.25) is 0 Å². The van der Waals surface area contributed by atoms with E-state index in [9.17, 15) is 13.6 Å². The van der Waals surface area contributed by atoms with E-state index in [2.05, 4.69) is 4.98 Å². The van der Waals surface area contributed by atoms with Crippen LogP contribution >= 0.6 is 22.6 Å². The Labute approximate surface area is 86.5 Å². The van der Waals surface area contributed by atoms with Crippen LogP contribution in [-0.4, -0.2) is 4.98 Å². The van der Waals surface area contributed by atoms with Crippen molar-refractivity contribution in [1.82, 2.24) is 4.98 Å². The zero-order valence-corrected chi connectivity index (χ0v) is 8.64. The number of halogens is 3. The number of hydrogen-bond donors (Lipinski definition) is 2. The second-order valence-corrected chi connectivity index (χ2v) is 3.55. The number of hydrogen-bond acceptors (Lipinski definition) is 2. The topological polar surface area (TPSA) is 58.9 Å². The van der Waals surface area contributed by atoms with E-state index in [0.29, 0.717) is 5.69 Å². The number of aromatic nitrogens is 1. The zero-order chi connectivity index (χ0) is 10.0. The smallest absolute Gasteiger partial charge is 0.270 e. The Morgan fingerprint density at radius 2 is 2.23 bits per heavy atom. The van der Waals surface area contributed by atoms with E-state index in [4.69, 9.17) is 5.73 Å². The third-order valence-electron chi connectivity index (χ3n) is 1.52. The normalized spacial score (nSPS) is 10.8. The molecule has 0 aliphatic carbocycles. The van der Waals surface area contributed by atoms with E-state index in [1.54, 1.807) is 22.6 Å². The van der Waals surface area contributed by atoms with Crippen LogP contribution in [0.15, 0.2) is 10.9 Å². The monoisotopic (exact) mass is 300 g/mol. The third kappa shape index (κ3) is 2.25. The fourth-order valence-electron chi connectivity index (χ4n) is 0.902. The lowest BCUT2D eigenvalue weighted by atomic mass is 10.2. The number of H-pyrrole nitrogens is 1. The first-order chi connectivity index (χ1) is 6.06. The lowest BCUT2D eigenvalue weighted by Gasteiger charge is -2.03. The molecule has 0 spiro atoms. The van der Waals surface area contributed by atoms with E-state index in [0.717, 1.165) is 0 Å². The molecule has 0 bridgehead atoms. The first-order valence-electron chi connectivity index (χ1n) is 3.46. The summed E-state index contributed by atoms with van der Waals surface area (Å²) in [5.41, 5.74) is 4.46. The molecule has 0 aliphatic rings. The van der Waals surface area contributed by atoms with Crippen LogP contribution in [0.5, 0.6) is 0 Å². The van der Waals surface area contributed by atoms with Crippen LogP contribution in [0, 0.1) is 3.57 Å². The molecule has 0 saturated heterocycles. The van der Waals surface area contributed by atoms with Crippen molar-refractivity contribution in [3.63, 3.8) is 0 Å². The van der Waals surface area contributed by atoms with Gasteiger partial charge in [-0.2, -0.15) is 0 Å². The van der Waals surface area contributed by atoms with Crippen LogP contribution in [0.25, 0.3) is 0 Å². The highest BCUT2D eigenvalue weighted by molar-refractivity contribution is 14.1. The largest absolute Gasteiger partial charge is 0.325 e. The van der Waals surface area contributed by atoms with Gasteiger partial charge in [-0.15, -0.1) is 0 Å². The minimum Gasteiger partial charge on any atom is -0.325 e. The quantitative estimate of drug-likeness (QED) is 0.811. The van der Waals surface area contributed by atoms with Crippen molar-refractivity contribution in [3.05, 3.63) is 31.2 Å². The van der Waals surface area contributed by atoms with Crippen molar-refractivity contribution < 1.29 is 8.78 Å². The predicted octanol–water partition coefficient (Wildman–Crippen LogP) is 1.38. The highest BCUT2D eigenvalue weighted by Crippen LogP contribution is 2.20. The second kappa shape index (κ2) is 4.14. The Bertz CT molecular complexity index is 364. The summed E-state index contributed by atoms with van der Waals surface area (Å²) in [6, 6.07) is 1.45. The van der Waals surface area contributed by atoms with Gasteiger partial charge in [0.2, 0.25) is 0 Å². The molecule has 72 valence electrons. The van der Waals surface area contributed by atoms with Gasteiger partial charge in [-0.1, -0.05) is 0 Å². The number of nitrogens with two attached hydrogens (primary N) is 1. The van der Waals surface area contributed by atoms with Crippen molar-refractivity contribution in [2.45, 2.75) is 13.0 Å². The van der Waals surface area contributed by atoms with Crippen LogP contribution in [0.1, 0.15) is 17.7 Å². The lowest BCUT2D eigenvalue weighted by molar-refractivity contribution is 0.148. The van der Waals surface area contributed by atoms with Crippen LogP contribution in [0.4, 0.5) is 8.78 Å². The Kier molecular flexibility index (Phi) is 3.37. The van der Waals surface area contributed by atoms with E-state index in [1.165, 1.54) is 6.07 Å². The van der Waals surface area contributed by atoms with Crippen molar-refractivity contribution in [2.75, 3.05) is 0 Å². The summed E-state index contributed by atoms with van der Waals surface area (Å²) in [6.07, 6.45) is -2.75. The molecule has 6 heteroatoms. The number of rotatable bonds is 2. The maximum Gasteiger partial charge on any atom is 0.270 e. The lowest BCUT2D eigenvalue weighted by Crippen LogP contribution is -2.18. The standard InChI is InChI=1S/C7H7F2IN2O/c8-6(9)5-4(10)1-3(2-11)12-7(5)13/h1,6H,2,11H2,(H,12,13). The number of pyridine rings is 1. The molecule has 0 radical (unpaired) electrons. The summed E-state index contributed by atoms with van der Waals surface area (Å²) in [5, 5.41) is 0. The number of alkyl halides is 2. The summed E-state index contributed by atoms with van der Waals surface area (Å²) in [5.74, 6) is 0. The van der Waals surface area contributed by atoms with Gasteiger partial charge in [-0.05, 0) is 28.7 Å². The molecule has 3 N–H and O–H groups in total. The van der Waals surface area contributed by atoms with Crippen molar-refractivity contribution in [3.8, 4) is 0 Å². The van der Waals surface area contributed by atoms with Crippen molar-refractivity contribution >= 4 is 22.6 Å². The molecule has 0 aliphatic heterocycles. The predicted molar refractivity (Wildman–Crippen MR) is 52.6 cm³/mol. The minimum absolute atomic E-state index is 0.134. The summed E-state index contributed by atoms with van der Waals surface area (Å²) >= 11 is 1.69. The molecule has 1 aromatic rings. The molecular weight excluding hydrogens is 293 g/mol. The fraction of sp³-hybridized carbons (Fsp3) is 0.286. The number of aromatic amines is 1. The molecule has 1 heterocycles. The van der Waals surface area contributed by atoms with E-state index >= 15 is 0 Å². The maximum absolute atomic E-state index is 12.3. The summed E-state index contributed by atoms with van der Waals surface area (Å²) < 4.78 is 24.8. The average molecular weight is 300 g/mol. The molecule has 0 fully saturated rings. The molecule has 3 nitrogen and oxygen atoms in total. The average Bonchev–Trinajstić information content (AvgIpc) is 2.02. The Morgan fingerprint density at radius 3 is 2.62 bits per heavy atom. The summed E-state index contributed by atoms with van der Waals surface area (Å²) in [4.78, 5) is 13.3. The zero-order valence-electron chi connectivity index (χ0n) is 6.48. The molecule has 0 saturated carbocycles.